The minimum absolute atomic E-state index is 0.608. The summed E-state index contributed by atoms with van der Waals surface area (Å²) in [5.41, 5.74) is 1.25. The van der Waals surface area contributed by atoms with Crippen LogP contribution in [0.15, 0.2) is 0 Å². The fourth-order valence-electron chi connectivity index (χ4n) is 2.33. The first kappa shape index (κ1) is 9.09. The highest BCUT2D eigenvalue weighted by atomic mass is 14.5. The largest absolute Gasteiger partial charge is 0.0628 e. The van der Waals surface area contributed by atoms with Gasteiger partial charge in [0.25, 0.3) is 0 Å². The molecule has 1 fully saturated rings. The van der Waals surface area contributed by atoms with Gasteiger partial charge in [0, 0.05) is 0 Å². The number of rotatable bonds is 2. The Bertz CT molecular complexity index is 144. The van der Waals surface area contributed by atoms with E-state index in [2.05, 4.69) is 34.6 Å². The molecule has 0 heteroatoms. The zero-order valence-electron chi connectivity index (χ0n) is 8.70. The summed E-state index contributed by atoms with van der Waals surface area (Å²) < 4.78 is 0. The molecule has 1 aliphatic rings. The molecule has 0 heterocycles. The molecule has 0 N–H and O–H groups in total. The van der Waals surface area contributed by atoms with Gasteiger partial charge in [-0.15, -0.1) is 0 Å². The van der Waals surface area contributed by atoms with E-state index in [-0.39, 0.29) is 0 Å². The van der Waals surface area contributed by atoms with E-state index in [1.54, 1.807) is 0 Å². The van der Waals surface area contributed by atoms with Gasteiger partial charge in [0.05, 0.1) is 0 Å². The van der Waals surface area contributed by atoms with Gasteiger partial charge in [-0.2, -0.15) is 0 Å². The van der Waals surface area contributed by atoms with Crippen molar-refractivity contribution in [1.82, 2.24) is 0 Å². The fraction of sp³-hybridized carbons (Fsp3) is 1.00. The predicted molar refractivity (Wildman–Crippen MR) is 50.6 cm³/mol. The van der Waals surface area contributed by atoms with Gasteiger partial charge in [-0.05, 0) is 36.0 Å². The summed E-state index contributed by atoms with van der Waals surface area (Å²) in [5.74, 6) is 0.861. The van der Waals surface area contributed by atoms with E-state index >= 15 is 0 Å². The Balaban J connectivity index is 2.55. The maximum atomic E-state index is 2.45. The van der Waals surface area contributed by atoms with E-state index in [0.717, 1.165) is 5.92 Å². The van der Waals surface area contributed by atoms with Crippen LogP contribution in [0.1, 0.15) is 53.9 Å². The van der Waals surface area contributed by atoms with Crippen LogP contribution in [0.4, 0.5) is 0 Å². The van der Waals surface area contributed by atoms with Crippen LogP contribution in [0.3, 0.4) is 0 Å². The van der Waals surface area contributed by atoms with Gasteiger partial charge in [-0.3, -0.25) is 0 Å². The van der Waals surface area contributed by atoms with Gasteiger partial charge in [-0.25, -0.2) is 0 Å². The molecule has 0 aromatic heterocycles. The lowest BCUT2D eigenvalue weighted by Gasteiger charge is -2.55. The Kier molecular flexibility index (Phi) is 2.07. The molecular weight excluding hydrogens is 132 g/mol. The van der Waals surface area contributed by atoms with Crippen molar-refractivity contribution in [3.8, 4) is 0 Å². The van der Waals surface area contributed by atoms with Crippen molar-refractivity contribution in [3.63, 3.8) is 0 Å². The lowest BCUT2D eigenvalue weighted by molar-refractivity contribution is -0.0509. The Labute approximate surface area is 71.4 Å². The minimum Gasteiger partial charge on any atom is -0.0628 e. The molecule has 0 amide bonds. The molecule has 0 bridgehead atoms. The van der Waals surface area contributed by atoms with Gasteiger partial charge >= 0.3 is 0 Å². The highest BCUT2D eigenvalue weighted by Gasteiger charge is 2.48. The summed E-state index contributed by atoms with van der Waals surface area (Å²) in [7, 11) is 0. The van der Waals surface area contributed by atoms with Crippen molar-refractivity contribution in [3.05, 3.63) is 0 Å². The van der Waals surface area contributed by atoms with Crippen LogP contribution in [0.25, 0.3) is 0 Å². The second-order valence-corrected chi connectivity index (χ2v) is 5.54. The molecule has 0 aliphatic heterocycles. The standard InChI is InChI=1S/C11H22/c1-9(2)8-11(5)7-6-10(11,3)4/h9H,6-8H2,1-5H3. The maximum Gasteiger partial charge on any atom is -0.0272 e. The van der Waals surface area contributed by atoms with E-state index < -0.39 is 0 Å². The van der Waals surface area contributed by atoms with Gasteiger partial charge in [0.15, 0.2) is 0 Å². The van der Waals surface area contributed by atoms with E-state index in [4.69, 9.17) is 0 Å². The Hall–Kier alpha value is 0. The molecule has 0 radical (unpaired) electrons. The molecule has 1 atom stereocenters. The van der Waals surface area contributed by atoms with Gasteiger partial charge in [0.2, 0.25) is 0 Å². The van der Waals surface area contributed by atoms with Crippen molar-refractivity contribution in [2.24, 2.45) is 16.7 Å². The summed E-state index contributed by atoms with van der Waals surface area (Å²) in [6, 6.07) is 0. The van der Waals surface area contributed by atoms with Crippen LogP contribution in [-0.4, -0.2) is 0 Å². The highest BCUT2D eigenvalue weighted by Crippen LogP contribution is 2.59. The second-order valence-electron chi connectivity index (χ2n) is 5.54. The van der Waals surface area contributed by atoms with Crippen LogP contribution in [0.2, 0.25) is 0 Å². The molecular formula is C11H22. The van der Waals surface area contributed by atoms with Crippen LogP contribution < -0.4 is 0 Å². The quantitative estimate of drug-likeness (QED) is 0.566. The van der Waals surface area contributed by atoms with Crippen molar-refractivity contribution in [2.45, 2.75) is 53.9 Å². The molecule has 1 rings (SSSR count). The third kappa shape index (κ3) is 1.45. The highest BCUT2D eigenvalue weighted by molar-refractivity contribution is 4.98. The third-order valence-corrected chi connectivity index (χ3v) is 3.79. The van der Waals surface area contributed by atoms with Crippen LogP contribution in [-0.2, 0) is 0 Å². The molecule has 0 aromatic carbocycles. The fourth-order valence-corrected chi connectivity index (χ4v) is 2.33. The normalized spacial score (nSPS) is 35.5. The van der Waals surface area contributed by atoms with E-state index in [1.165, 1.54) is 19.3 Å². The maximum absolute atomic E-state index is 2.45. The molecule has 1 aliphatic carbocycles. The average Bonchev–Trinajstić information content (AvgIpc) is 1.84. The molecule has 0 spiro atoms. The first-order chi connectivity index (χ1) is 4.87. The summed E-state index contributed by atoms with van der Waals surface area (Å²) in [5, 5.41) is 0. The molecule has 11 heavy (non-hydrogen) atoms. The lowest BCUT2D eigenvalue weighted by atomic mass is 9.50. The average molecular weight is 154 g/mol. The summed E-state index contributed by atoms with van der Waals surface area (Å²) in [4.78, 5) is 0. The summed E-state index contributed by atoms with van der Waals surface area (Å²) in [6.45, 7) is 12.0. The van der Waals surface area contributed by atoms with Gasteiger partial charge in [0.1, 0.15) is 0 Å². The van der Waals surface area contributed by atoms with Gasteiger partial charge in [-0.1, -0.05) is 34.6 Å². The van der Waals surface area contributed by atoms with Crippen molar-refractivity contribution < 1.29 is 0 Å². The molecule has 0 aromatic rings. The lowest BCUT2D eigenvalue weighted by Crippen LogP contribution is -2.45. The van der Waals surface area contributed by atoms with Crippen LogP contribution >= 0.6 is 0 Å². The molecule has 0 nitrogen and oxygen atoms in total. The van der Waals surface area contributed by atoms with E-state index in [0.29, 0.717) is 10.8 Å². The first-order valence-electron chi connectivity index (χ1n) is 4.87. The van der Waals surface area contributed by atoms with E-state index in [9.17, 15) is 0 Å². The molecule has 1 unspecified atom stereocenters. The number of hydrogen-bond acceptors (Lipinski definition) is 0. The Morgan fingerprint density at radius 3 is 1.73 bits per heavy atom. The zero-order valence-corrected chi connectivity index (χ0v) is 8.70. The van der Waals surface area contributed by atoms with Crippen LogP contribution in [0, 0.1) is 16.7 Å². The SMILES string of the molecule is CC(C)CC1(C)CCC1(C)C. The van der Waals surface area contributed by atoms with Crippen LogP contribution in [0.5, 0.6) is 0 Å². The smallest absolute Gasteiger partial charge is 0.0272 e. The zero-order chi connectivity index (χ0) is 8.70. The monoisotopic (exact) mass is 154 g/mol. The van der Waals surface area contributed by atoms with Gasteiger partial charge < -0.3 is 0 Å². The second kappa shape index (κ2) is 2.50. The predicted octanol–water partition coefficient (Wildman–Crippen LogP) is 3.86. The molecule has 0 saturated heterocycles. The molecule has 1 saturated carbocycles. The van der Waals surface area contributed by atoms with Crippen molar-refractivity contribution in [2.75, 3.05) is 0 Å². The topological polar surface area (TPSA) is 0 Å². The first-order valence-corrected chi connectivity index (χ1v) is 4.87. The third-order valence-electron chi connectivity index (χ3n) is 3.79. The molecule has 66 valence electrons. The van der Waals surface area contributed by atoms with E-state index in [1.807, 2.05) is 0 Å². The summed E-state index contributed by atoms with van der Waals surface area (Å²) in [6.07, 6.45) is 4.27. The Morgan fingerprint density at radius 2 is 1.64 bits per heavy atom. The Morgan fingerprint density at radius 1 is 1.09 bits per heavy atom. The number of hydrogen-bond donors (Lipinski definition) is 0. The van der Waals surface area contributed by atoms with Crippen molar-refractivity contribution in [1.29, 1.82) is 0 Å². The minimum atomic E-state index is 0.608. The van der Waals surface area contributed by atoms with Crippen molar-refractivity contribution >= 4 is 0 Å². The summed E-state index contributed by atoms with van der Waals surface area (Å²) >= 11 is 0.